The quantitative estimate of drug-likeness (QED) is 0.796. The van der Waals surface area contributed by atoms with Crippen molar-refractivity contribution in [2.45, 2.75) is 64.0 Å². The highest BCUT2D eigenvalue weighted by atomic mass is 16.5. The predicted octanol–water partition coefficient (Wildman–Crippen LogP) is 2.03. The second-order valence-corrected chi connectivity index (χ2v) is 4.91. The number of hydrogen-bond acceptors (Lipinski definition) is 3. The van der Waals surface area contributed by atoms with Crippen molar-refractivity contribution in [2.75, 3.05) is 6.61 Å². The molecule has 0 radical (unpaired) electrons. The Morgan fingerprint density at radius 2 is 2.12 bits per heavy atom. The van der Waals surface area contributed by atoms with Crippen molar-refractivity contribution in [2.24, 2.45) is 4.99 Å². The molecule has 0 aromatic rings. The number of nitrogens with zero attached hydrogens (tertiary/aromatic N) is 1. The summed E-state index contributed by atoms with van der Waals surface area (Å²) in [6.07, 6.45) is 6.10. The van der Waals surface area contributed by atoms with Gasteiger partial charge in [-0.3, -0.25) is 9.79 Å². The lowest BCUT2D eigenvalue weighted by molar-refractivity contribution is -0.120. The standard InChI is InChI=1S/C13H22N2O2/c1-3-7-10-11(16)15-12(14-10)13(17-4-2)8-5-6-9-13/h10H,3-9H2,1-2H3,(H,14,15,16). The number of carbonyl (C=O) groups excluding carboxylic acids is 1. The molecule has 1 fully saturated rings. The minimum Gasteiger partial charge on any atom is -0.367 e. The smallest absolute Gasteiger partial charge is 0.250 e. The number of amidine groups is 1. The van der Waals surface area contributed by atoms with Gasteiger partial charge >= 0.3 is 0 Å². The molecular weight excluding hydrogens is 216 g/mol. The highest BCUT2D eigenvalue weighted by Crippen LogP contribution is 2.35. The molecule has 1 heterocycles. The van der Waals surface area contributed by atoms with Crippen LogP contribution in [0.5, 0.6) is 0 Å². The molecule has 2 aliphatic rings. The third-order valence-corrected chi connectivity index (χ3v) is 3.65. The van der Waals surface area contributed by atoms with Gasteiger partial charge in [-0.15, -0.1) is 0 Å². The summed E-state index contributed by atoms with van der Waals surface area (Å²) >= 11 is 0. The molecule has 1 amide bonds. The van der Waals surface area contributed by atoms with Gasteiger partial charge in [0.1, 0.15) is 17.5 Å². The lowest BCUT2D eigenvalue weighted by Gasteiger charge is -2.28. The Kier molecular flexibility index (Phi) is 3.82. The van der Waals surface area contributed by atoms with Crippen LogP contribution in [0.2, 0.25) is 0 Å². The molecule has 0 aromatic heterocycles. The van der Waals surface area contributed by atoms with Crippen LogP contribution in [0.25, 0.3) is 0 Å². The van der Waals surface area contributed by atoms with Gasteiger partial charge in [-0.25, -0.2) is 0 Å². The molecule has 1 N–H and O–H groups in total. The summed E-state index contributed by atoms with van der Waals surface area (Å²) in [5.41, 5.74) is -0.299. The Hall–Kier alpha value is -0.900. The molecule has 1 atom stereocenters. The van der Waals surface area contributed by atoms with Gasteiger partial charge in [-0.1, -0.05) is 13.3 Å². The van der Waals surface area contributed by atoms with Crippen molar-refractivity contribution < 1.29 is 9.53 Å². The van der Waals surface area contributed by atoms with Crippen molar-refractivity contribution in [1.29, 1.82) is 0 Å². The zero-order chi connectivity index (χ0) is 12.3. The van der Waals surface area contributed by atoms with Crippen LogP contribution in [0.3, 0.4) is 0 Å². The largest absolute Gasteiger partial charge is 0.367 e. The van der Waals surface area contributed by atoms with E-state index in [-0.39, 0.29) is 17.6 Å². The van der Waals surface area contributed by atoms with Crippen molar-refractivity contribution in [3.8, 4) is 0 Å². The fraction of sp³-hybridized carbons (Fsp3) is 0.846. The second kappa shape index (κ2) is 5.17. The average molecular weight is 238 g/mol. The van der Waals surface area contributed by atoms with Crippen LogP contribution in [-0.4, -0.2) is 30.0 Å². The molecule has 4 nitrogen and oxygen atoms in total. The van der Waals surface area contributed by atoms with Crippen LogP contribution >= 0.6 is 0 Å². The first-order valence-electron chi connectivity index (χ1n) is 6.75. The van der Waals surface area contributed by atoms with E-state index < -0.39 is 0 Å². The molecule has 17 heavy (non-hydrogen) atoms. The average Bonchev–Trinajstić information content (AvgIpc) is 2.89. The minimum absolute atomic E-state index is 0.0489. The van der Waals surface area contributed by atoms with Gasteiger partial charge in [0.15, 0.2) is 0 Å². The van der Waals surface area contributed by atoms with Gasteiger partial charge in [-0.05, 0) is 39.0 Å². The lowest BCUT2D eigenvalue weighted by Crippen LogP contribution is -2.46. The normalized spacial score (nSPS) is 27.1. The number of amides is 1. The number of rotatable bonds is 5. The molecule has 1 aliphatic carbocycles. The van der Waals surface area contributed by atoms with Crippen molar-refractivity contribution in [3.05, 3.63) is 0 Å². The number of ether oxygens (including phenoxy) is 1. The molecule has 1 aliphatic heterocycles. The van der Waals surface area contributed by atoms with Crippen LogP contribution < -0.4 is 5.32 Å². The zero-order valence-corrected chi connectivity index (χ0v) is 10.8. The maximum atomic E-state index is 11.8. The first-order valence-corrected chi connectivity index (χ1v) is 6.75. The Morgan fingerprint density at radius 1 is 1.41 bits per heavy atom. The fourth-order valence-electron chi connectivity index (χ4n) is 2.82. The van der Waals surface area contributed by atoms with Gasteiger partial charge in [0.2, 0.25) is 5.91 Å². The summed E-state index contributed by atoms with van der Waals surface area (Å²) in [6.45, 7) is 4.75. The summed E-state index contributed by atoms with van der Waals surface area (Å²) in [5, 5.41) is 2.94. The lowest BCUT2D eigenvalue weighted by atomic mass is 10.0. The zero-order valence-electron chi connectivity index (χ0n) is 10.8. The molecule has 2 rings (SSSR count). The second-order valence-electron chi connectivity index (χ2n) is 4.91. The molecule has 0 bridgehead atoms. The van der Waals surface area contributed by atoms with E-state index in [9.17, 15) is 4.79 Å². The molecule has 0 saturated heterocycles. The van der Waals surface area contributed by atoms with Gasteiger partial charge in [0.25, 0.3) is 0 Å². The van der Waals surface area contributed by atoms with Crippen LogP contribution in [-0.2, 0) is 9.53 Å². The van der Waals surface area contributed by atoms with Crippen LogP contribution in [0.15, 0.2) is 4.99 Å². The molecule has 0 aromatic carbocycles. The Balaban J connectivity index is 2.15. The monoisotopic (exact) mass is 238 g/mol. The Labute approximate surface area is 103 Å². The minimum atomic E-state index is -0.299. The molecular formula is C13H22N2O2. The van der Waals surface area contributed by atoms with Crippen molar-refractivity contribution in [3.63, 3.8) is 0 Å². The number of aliphatic imine (C=N–C) groups is 1. The van der Waals surface area contributed by atoms with Gasteiger partial charge in [0.05, 0.1) is 0 Å². The van der Waals surface area contributed by atoms with Gasteiger partial charge in [-0.2, -0.15) is 0 Å². The van der Waals surface area contributed by atoms with Crippen LogP contribution in [0, 0.1) is 0 Å². The fourth-order valence-corrected chi connectivity index (χ4v) is 2.82. The highest BCUT2D eigenvalue weighted by molar-refractivity contribution is 6.09. The molecule has 1 unspecified atom stereocenters. The maximum Gasteiger partial charge on any atom is 0.250 e. The van der Waals surface area contributed by atoms with E-state index in [1.165, 1.54) is 0 Å². The predicted molar refractivity (Wildman–Crippen MR) is 67.1 cm³/mol. The topological polar surface area (TPSA) is 50.7 Å². The van der Waals surface area contributed by atoms with Crippen LogP contribution in [0.1, 0.15) is 52.4 Å². The third-order valence-electron chi connectivity index (χ3n) is 3.65. The summed E-state index contributed by atoms with van der Waals surface area (Å²) in [6, 6.07) is -0.187. The van der Waals surface area contributed by atoms with E-state index in [0.29, 0.717) is 6.61 Å². The van der Waals surface area contributed by atoms with E-state index in [4.69, 9.17) is 4.74 Å². The molecule has 4 heteroatoms. The first-order chi connectivity index (χ1) is 8.22. The number of nitrogens with one attached hydrogen (secondary N) is 1. The van der Waals surface area contributed by atoms with Crippen LogP contribution in [0.4, 0.5) is 0 Å². The van der Waals surface area contributed by atoms with E-state index in [1.807, 2.05) is 6.92 Å². The molecule has 96 valence electrons. The van der Waals surface area contributed by atoms with E-state index >= 15 is 0 Å². The number of carbonyl (C=O) groups is 1. The van der Waals surface area contributed by atoms with Crippen molar-refractivity contribution >= 4 is 11.7 Å². The van der Waals surface area contributed by atoms with Crippen molar-refractivity contribution in [1.82, 2.24) is 5.32 Å². The Bertz CT molecular complexity index is 319. The van der Waals surface area contributed by atoms with Gasteiger partial charge < -0.3 is 10.1 Å². The Morgan fingerprint density at radius 3 is 2.71 bits per heavy atom. The molecule has 0 spiro atoms. The number of hydrogen-bond donors (Lipinski definition) is 1. The maximum absolute atomic E-state index is 11.8. The summed E-state index contributed by atoms with van der Waals surface area (Å²) in [5.74, 6) is 0.841. The summed E-state index contributed by atoms with van der Waals surface area (Å²) in [7, 11) is 0. The first kappa shape index (κ1) is 12.6. The highest BCUT2D eigenvalue weighted by Gasteiger charge is 2.44. The molecule has 1 saturated carbocycles. The summed E-state index contributed by atoms with van der Waals surface area (Å²) in [4.78, 5) is 16.4. The van der Waals surface area contributed by atoms with E-state index in [1.54, 1.807) is 0 Å². The van der Waals surface area contributed by atoms with E-state index in [2.05, 4.69) is 17.2 Å². The summed E-state index contributed by atoms with van der Waals surface area (Å²) < 4.78 is 5.90. The van der Waals surface area contributed by atoms with E-state index in [0.717, 1.165) is 44.4 Å². The van der Waals surface area contributed by atoms with Gasteiger partial charge in [0, 0.05) is 6.61 Å². The third kappa shape index (κ3) is 2.37. The SMILES string of the molecule is CCCC1N=C(C2(OCC)CCCC2)NC1=O.